The number of hydrogen-bond donors (Lipinski definition) is 1. The Balaban J connectivity index is 2.26. The van der Waals surface area contributed by atoms with E-state index in [0.717, 1.165) is 12.0 Å². The molecule has 0 aliphatic carbocycles. The third kappa shape index (κ3) is 4.32. The Morgan fingerprint density at radius 2 is 1.87 bits per heavy atom. The van der Waals surface area contributed by atoms with Gasteiger partial charge in [0.2, 0.25) is 0 Å². The van der Waals surface area contributed by atoms with Crippen molar-refractivity contribution in [3.8, 4) is 0 Å². The first-order valence-electron chi connectivity index (χ1n) is 7.81. The Labute approximate surface area is 136 Å². The van der Waals surface area contributed by atoms with E-state index in [1.807, 2.05) is 26.0 Å². The lowest BCUT2D eigenvalue weighted by Gasteiger charge is -2.30. The van der Waals surface area contributed by atoms with Gasteiger partial charge in [0, 0.05) is 37.8 Å². The number of aryl methyl sites for hydroxylation is 1. The standard InChI is InChI=1S/C17H22N4O2/c1-3-15(12-22)21(11-13-5-7-18-8-6-13)17(23)14-9-19-16(4-2)20-10-14/h5-10,15,22H,3-4,11-12H2,1-2H3/t15-/m1/s1. The number of carbonyl (C=O) groups excluding carboxylic acids is 1. The average Bonchev–Trinajstić information content (AvgIpc) is 2.62. The molecule has 0 aliphatic rings. The van der Waals surface area contributed by atoms with Crippen LogP contribution in [-0.2, 0) is 13.0 Å². The number of rotatable bonds is 7. The highest BCUT2D eigenvalue weighted by Gasteiger charge is 2.24. The topological polar surface area (TPSA) is 79.2 Å². The predicted molar refractivity (Wildman–Crippen MR) is 86.7 cm³/mol. The van der Waals surface area contributed by atoms with Gasteiger partial charge in [-0.15, -0.1) is 0 Å². The van der Waals surface area contributed by atoms with Gasteiger partial charge in [-0.2, -0.15) is 0 Å². The number of carbonyl (C=O) groups is 1. The van der Waals surface area contributed by atoms with Crippen molar-refractivity contribution in [3.63, 3.8) is 0 Å². The van der Waals surface area contributed by atoms with Gasteiger partial charge in [-0.05, 0) is 24.1 Å². The first-order valence-corrected chi connectivity index (χ1v) is 7.81. The number of hydrogen-bond acceptors (Lipinski definition) is 5. The Morgan fingerprint density at radius 3 is 2.39 bits per heavy atom. The van der Waals surface area contributed by atoms with Crippen molar-refractivity contribution in [1.82, 2.24) is 19.9 Å². The molecule has 1 N–H and O–H groups in total. The van der Waals surface area contributed by atoms with Gasteiger partial charge < -0.3 is 10.0 Å². The Morgan fingerprint density at radius 1 is 1.22 bits per heavy atom. The molecule has 1 amide bonds. The van der Waals surface area contributed by atoms with Gasteiger partial charge in [-0.1, -0.05) is 13.8 Å². The van der Waals surface area contributed by atoms with Gasteiger partial charge in [0.15, 0.2) is 0 Å². The maximum absolute atomic E-state index is 12.8. The highest BCUT2D eigenvalue weighted by atomic mass is 16.3. The third-order valence-electron chi connectivity index (χ3n) is 3.75. The SMILES string of the molecule is CCc1ncc(C(=O)N(Cc2ccncc2)[C@H](CC)CO)cn1. The predicted octanol–water partition coefficient (Wildman–Crippen LogP) is 1.85. The monoisotopic (exact) mass is 314 g/mol. The van der Waals surface area contributed by atoms with E-state index in [1.165, 1.54) is 0 Å². The zero-order chi connectivity index (χ0) is 16.7. The summed E-state index contributed by atoms with van der Waals surface area (Å²) in [5.74, 6) is 0.529. The van der Waals surface area contributed by atoms with Crippen LogP contribution in [0.5, 0.6) is 0 Å². The van der Waals surface area contributed by atoms with Crippen LogP contribution in [0.15, 0.2) is 36.9 Å². The van der Waals surface area contributed by atoms with E-state index in [2.05, 4.69) is 15.0 Å². The van der Waals surface area contributed by atoms with Gasteiger partial charge in [-0.25, -0.2) is 9.97 Å². The van der Waals surface area contributed by atoms with Crippen molar-refractivity contribution in [2.45, 2.75) is 39.3 Å². The molecular formula is C17H22N4O2. The Hall–Kier alpha value is -2.34. The molecule has 2 rings (SSSR count). The lowest BCUT2D eigenvalue weighted by atomic mass is 10.1. The second kappa shape index (κ2) is 8.33. The molecule has 1 atom stereocenters. The van der Waals surface area contributed by atoms with Crippen molar-refractivity contribution < 1.29 is 9.90 Å². The summed E-state index contributed by atoms with van der Waals surface area (Å²) in [6.07, 6.45) is 7.88. The molecule has 0 unspecified atom stereocenters. The van der Waals surface area contributed by atoms with Crippen molar-refractivity contribution in [3.05, 3.63) is 53.9 Å². The highest BCUT2D eigenvalue weighted by Crippen LogP contribution is 2.14. The zero-order valence-corrected chi connectivity index (χ0v) is 13.5. The molecule has 2 aromatic heterocycles. The minimum atomic E-state index is -0.249. The van der Waals surface area contributed by atoms with Gasteiger partial charge in [0.1, 0.15) is 5.82 Å². The molecule has 0 saturated carbocycles. The molecule has 0 spiro atoms. The number of aliphatic hydroxyl groups excluding tert-OH is 1. The van der Waals surface area contributed by atoms with E-state index in [4.69, 9.17) is 0 Å². The molecule has 0 saturated heterocycles. The second-order valence-corrected chi connectivity index (χ2v) is 5.27. The minimum absolute atomic E-state index is 0.0821. The lowest BCUT2D eigenvalue weighted by Crippen LogP contribution is -2.41. The smallest absolute Gasteiger partial charge is 0.257 e. The molecule has 0 aromatic carbocycles. The Kier molecular flexibility index (Phi) is 6.17. The summed E-state index contributed by atoms with van der Waals surface area (Å²) in [7, 11) is 0. The van der Waals surface area contributed by atoms with E-state index in [0.29, 0.717) is 24.4 Å². The van der Waals surface area contributed by atoms with Crippen molar-refractivity contribution >= 4 is 5.91 Å². The maximum Gasteiger partial charge on any atom is 0.257 e. The largest absolute Gasteiger partial charge is 0.394 e. The number of nitrogens with zero attached hydrogens (tertiary/aromatic N) is 4. The molecule has 122 valence electrons. The van der Waals surface area contributed by atoms with Gasteiger partial charge in [0.25, 0.3) is 5.91 Å². The van der Waals surface area contributed by atoms with Gasteiger partial charge >= 0.3 is 0 Å². The molecular weight excluding hydrogens is 292 g/mol. The van der Waals surface area contributed by atoms with E-state index >= 15 is 0 Å². The summed E-state index contributed by atoms with van der Waals surface area (Å²) in [5.41, 5.74) is 1.40. The number of aromatic nitrogens is 3. The lowest BCUT2D eigenvalue weighted by molar-refractivity contribution is 0.0563. The normalized spacial score (nSPS) is 12.0. The van der Waals surface area contributed by atoms with Crippen LogP contribution in [0.25, 0.3) is 0 Å². The van der Waals surface area contributed by atoms with Crippen LogP contribution >= 0.6 is 0 Å². The fourth-order valence-corrected chi connectivity index (χ4v) is 2.31. The molecule has 0 bridgehead atoms. The van der Waals surface area contributed by atoms with Gasteiger partial charge in [-0.3, -0.25) is 9.78 Å². The molecule has 6 nitrogen and oxygen atoms in total. The zero-order valence-electron chi connectivity index (χ0n) is 13.5. The first kappa shape index (κ1) is 17.0. The van der Waals surface area contributed by atoms with Crippen LogP contribution < -0.4 is 0 Å². The maximum atomic E-state index is 12.8. The van der Waals surface area contributed by atoms with Crippen LogP contribution in [0.2, 0.25) is 0 Å². The molecule has 0 radical (unpaired) electrons. The van der Waals surface area contributed by atoms with E-state index in [-0.39, 0.29) is 18.6 Å². The Bertz CT molecular complexity index is 612. The van der Waals surface area contributed by atoms with E-state index in [9.17, 15) is 9.90 Å². The van der Waals surface area contributed by atoms with E-state index in [1.54, 1.807) is 29.7 Å². The summed E-state index contributed by atoms with van der Waals surface area (Å²) in [5, 5.41) is 9.61. The average molecular weight is 314 g/mol. The molecule has 2 aromatic rings. The second-order valence-electron chi connectivity index (χ2n) is 5.27. The summed E-state index contributed by atoms with van der Waals surface area (Å²) in [4.78, 5) is 26.9. The molecule has 0 aliphatic heterocycles. The fraction of sp³-hybridized carbons (Fsp3) is 0.412. The van der Waals surface area contributed by atoms with Crippen LogP contribution in [0.1, 0.15) is 42.0 Å². The molecule has 0 fully saturated rings. The number of amides is 1. The summed E-state index contributed by atoms with van der Waals surface area (Å²) >= 11 is 0. The van der Waals surface area contributed by atoms with Crippen molar-refractivity contribution in [2.24, 2.45) is 0 Å². The van der Waals surface area contributed by atoms with Crippen LogP contribution in [0.4, 0.5) is 0 Å². The summed E-state index contributed by atoms with van der Waals surface area (Å²) in [6, 6.07) is 3.48. The molecule has 6 heteroatoms. The molecule has 2 heterocycles. The van der Waals surface area contributed by atoms with E-state index < -0.39 is 0 Å². The van der Waals surface area contributed by atoms with Crippen LogP contribution in [0, 0.1) is 0 Å². The first-order chi connectivity index (χ1) is 11.2. The van der Waals surface area contributed by atoms with Crippen molar-refractivity contribution in [2.75, 3.05) is 6.61 Å². The number of aliphatic hydroxyl groups is 1. The van der Waals surface area contributed by atoms with Crippen LogP contribution in [-0.4, -0.2) is 43.5 Å². The number of pyridine rings is 1. The minimum Gasteiger partial charge on any atom is -0.394 e. The third-order valence-corrected chi connectivity index (χ3v) is 3.75. The van der Waals surface area contributed by atoms with Gasteiger partial charge in [0.05, 0.1) is 18.2 Å². The van der Waals surface area contributed by atoms with Crippen LogP contribution in [0.3, 0.4) is 0 Å². The molecule has 23 heavy (non-hydrogen) atoms. The highest BCUT2D eigenvalue weighted by molar-refractivity contribution is 5.93. The van der Waals surface area contributed by atoms with Crippen molar-refractivity contribution in [1.29, 1.82) is 0 Å². The fourth-order valence-electron chi connectivity index (χ4n) is 2.31. The summed E-state index contributed by atoms with van der Waals surface area (Å²) in [6.45, 7) is 4.24. The summed E-state index contributed by atoms with van der Waals surface area (Å²) < 4.78 is 0. The quantitative estimate of drug-likeness (QED) is 0.843.